The van der Waals surface area contributed by atoms with Crippen LogP contribution in [0.25, 0.3) is 11.0 Å². The van der Waals surface area contributed by atoms with E-state index in [9.17, 15) is 9.59 Å². The Hall–Kier alpha value is -3.06. The first-order chi connectivity index (χ1) is 13.4. The summed E-state index contributed by atoms with van der Waals surface area (Å²) in [5.41, 5.74) is 4.76. The second-order valence-electron chi connectivity index (χ2n) is 7.52. The lowest BCUT2D eigenvalue weighted by atomic mass is 10.1. The van der Waals surface area contributed by atoms with Crippen LogP contribution in [0.4, 0.5) is 11.4 Å². The number of imidazole rings is 1. The monoisotopic (exact) mass is 379 g/mol. The highest BCUT2D eigenvalue weighted by Crippen LogP contribution is 2.24. The number of aryl methyl sites for hydroxylation is 2. The summed E-state index contributed by atoms with van der Waals surface area (Å²) in [7, 11) is 3.84. The maximum atomic E-state index is 12.8. The van der Waals surface area contributed by atoms with Crippen LogP contribution in [0, 0.1) is 6.92 Å². The summed E-state index contributed by atoms with van der Waals surface area (Å²) >= 11 is 0. The van der Waals surface area contributed by atoms with Crippen LogP contribution in [0.3, 0.4) is 0 Å². The molecule has 0 bridgehead atoms. The van der Waals surface area contributed by atoms with Gasteiger partial charge in [-0.1, -0.05) is 0 Å². The van der Waals surface area contributed by atoms with Crippen LogP contribution in [0.5, 0.6) is 0 Å². The molecular formula is C21H25N5O2. The van der Waals surface area contributed by atoms with Crippen molar-refractivity contribution in [3.63, 3.8) is 0 Å². The van der Waals surface area contributed by atoms with Gasteiger partial charge in [-0.05, 0) is 55.9 Å². The standard InChI is InChI=1S/C21H25N5O2/c1-14-10-16(13-17(11-14)26-8-6-24(2)7-9-26)22-20(27)15-4-5-19-18(12-15)23-21(28)25(19)3/h4-5,10-13H,6-9H2,1-3H3,(H,22,27)(H,23,28). The zero-order valence-corrected chi connectivity index (χ0v) is 16.5. The predicted octanol–water partition coefficient (Wildman–Crippen LogP) is 2.18. The summed E-state index contributed by atoms with van der Waals surface area (Å²) in [6.45, 7) is 6.06. The highest BCUT2D eigenvalue weighted by molar-refractivity contribution is 6.06. The first-order valence-corrected chi connectivity index (χ1v) is 9.46. The van der Waals surface area contributed by atoms with Crippen LogP contribution in [-0.2, 0) is 7.05 Å². The average Bonchev–Trinajstić information content (AvgIpc) is 2.95. The molecule has 7 nitrogen and oxygen atoms in total. The van der Waals surface area contributed by atoms with E-state index in [-0.39, 0.29) is 11.6 Å². The van der Waals surface area contributed by atoms with Gasteiger partial charge < -0.3 is 20.1 Å². The number of piperazine rings is 1. The van der Waals surface area contributed by atoms with Gasteiger partial charge in [-0.15, -0.1) is 0 Å². The molecule has 2 N–H and O–H groups in total. The number of benzene rings is 2. The number of aromatic nitrogens is 2. The Morgan fingerprint density at radius 1 is 1.04 bits per heavy atom. The second-order valence-corrected chi connectivity index (χ2v) is 7.52. The minimum atomic E-state index is -0.193. The normalized spacial score (nSPS) is 15.2. The lowest BCUT2D eigenvalue weighted by Gasteiger charge is -2.34. The summed E-state index contributed by atoms with van der Waals surface area (Å²) in [5.74, 6) is -0.193. The molecule has 2 aromatic carbocycles. The SMILES string of the molecule is Cc1cc(NC(=O)c2ccc3c(c2)[nH]c(=O)n3C)cc(N2CCN(C)CC2)c1. The molecule has 0 aliphatic carbocycles. The number of H-pyrrole nitrogens is 1. The van der Waals surface area contributed by atoms with Crippen LogP contribution in [0.15, 0.2) is 41.2 Å². The van der Waals surface area contributed by atoms with Crippen LogP contribution >= 0.6 is 0 Å². The zero-order chi connectivity index (χ0) is 19.8. The minimum absolute atomic E-state index is 0.192. The van der Waals surface area contributed by atoms with E-state index in [0.29, 0.717) is 11.1 Å². The van der Waals surface area contributed by atoms with E-state index < -0.39 is 0 Å². The number of anilines is 2. The molecule has 1 aliphatic rings. The Balaban J connectivity index is 1.56. The van der Waals surface area contributed by atoms with Gasteiger partial charge in [0.2, 0.25) is 0 Å². The maximum absolute atomic E-state index is 12.8. The number of nitrogens with one attached hydrogen (secondary N) is 2. The Labute approximate surface area is 163 Å². The first kappa shape index (κ1) is 18.3. The van der Waals surface area contributed by atoms with Crippen LogP contribution in [-0.4, -0.2) is 53.6 Å². The Bertz CT molecular complexity index is 1090. The van der Waals surface area contributed by atoms with Crippen molar-refractivity contribution in [3.05, 3.63) is 58.0 Å². The Kier molecular flexibility index (Phi) is 4.68. The van der Waals surface area contributed by atoms with Crippen molar-refractivity contribution in [2.24, 2.45) is 7.05 Å². The molecular weight excluding hydrogens is 354 g/mol. The van der Waals surface area contributed by atoms with E-state index in [1.165, 1.54) is 4.57 Å². The molecule has 1 fully saturated rings. The summed E-state index contributed by atoms with van der Waals surface area (Å²) in [6.07, 6.45) is 0. The molecule has 146 valence electrons. The molecule has 1 amide bonds. The van der Waals surface area contributed by atoms with Gasteiger partial charge in [0.1, 0.15) is 0 Å². The van der Waals surface area contributed by atoms with Crippen LogP contribution in [0.2, 0.25) is 0 Å². The van der Waals surface area contributed by atoms with Crippen molar-refractivity contribution in [1.29, 1.82) is 0 Å². The molecule has 28 heavy (non-hydrogen) atoms. The fraction of sp³-hybridized carbons (Fsp3) is 0.333. The highest BCUT2D eigenvalue weighted by atomic mass is 16.2. The topological polar surface area (TPSA) is 73.4 Å². The van der Waals surface area contributed by atoms with E-state index in [4.69, 9.17) is 0 Å². The smallest absolute Gasteiger partial charge is 0.326 e. The Morgan fingerprint density at radius 2 is 1.79 bits per heavy atom. The number of fused-ring (bicyclic) bond motifs is 1. The highest BCUT2D eigenvalue weighted by Gasteiger charge is 2.16. The van der Waals surface area contributed by atoms with Crippen molar-refractivity contribution in [1.82, 2.24) is 14.5 Å². The van der Waals surface area contributed by atoms with Crippen molar-refractivity contribution >= 4 is 28.3 Å². The van der Waals surface area contributed by atoms with Crippen molar-refractivity contribution in [2.45, 2.75) is 6.92 Å². The fourth-order valence-corrected chi connectivity index (χ4v) is 3.66. The molecule has 1 saturated heterocycles. The summed E-state index contributed by atoms with van der Waals surface area (Å²) in [5, 5.41) is 3.00. The van der Waals surface area contributed by atoms with Crippen molar-refractivity contribution in [2.75, 3.05) is 43.4 Å². The van der Waals surface area contributed by atoms with Gasteiger partial charge >= 0.3 is 5.69 Å². The molecule has 0 spiro atoms. The van der Waals surface area contributed by atoms with Crippen molar-refractivity contribution in [3.8, 4) is 0 Å². The lowest BCUT2D eigenvalue weighted by molar-refractivity contribution is 0.102. The summed E-state index contributed by atoms with van der Waals surface area (Å²) in [6, 6.07) is 11.4. The molecule has 1 aromatic heterocycles. The quantitative estimate of drug-likeness (QED) is 0.732. The number of aromatic amines is 1. The van der Waals surface area contributed by atoms with E-state index in [1.54, 1.807) is 25.2 Å². The third kappa shape index (κ3) is 3.53. The zero-order valence-electron chi connectivity index (χ0n) is 16.5. The third-order valence-electron chi connectivity index (χ3n) is 5.35. The van der Waals surface area contributed by atoms with Gasteiger partial charge in [0.05, 0.1) is 11.0 Å². The van der Waals surface area contributed by atoms with E-state index in [0.717, 1.165) is 48.6 Å². The molecule has 4 rings (SSSR count). The van der Waals surface area contributed by atoms with Gasteiger partial charge in [-0.2, -0.15) is 0 Å². The molecule has 2 heterocycles. The number of amides is 1. The molecule has 0 radical (unpaired) electrons. The van der Waals surface area contributed by atoms with E-state index in [1.807, 2.05) is 19.1 Å². The number of nitrogens with zero attached hydrogens (tertiary/aromatic N) is 3. The van der Waals surface area contributed by atoms with Gasteiger partial charge in [-0.25, -0.2) is 4.79 Å². The predicted molar refractivity (Wildman–Crippen MR) is 112 cm³/mol. The average molecular weight is 379 g/mol. The van der Waals surface area contributed by atoms with Crippen LogP contribution < -0.4 is 15.9 Å². The van der Waals surface area contributed by atoms with Gasteiger partial charge in [0.15, 0.2) is 0 Å². The third-order valence-corrected chi connectivity index (χ3v) is 5.35. The van der Waals surface area contributed by atoms with Crippen molar-refractivity contribution < 1.29 is 4.79 Å². The van der Waals surface area contributed by atoms with Gasteiger partial charge in [-0.3, -0.25) is 9.36 Å². The molecule has 0 unspecified atom stereocenters. The number of hydrogen-bond acceptors (Lipinski definition) is 4. The lowest BCUT2D eigenvalue weighted by Crippen LogP contribution is -2.44. The second kappa shape index (κ2) is 7.16. The fourth-order valence-electron chi connectivity index (χ4n) is 3.66. The maximum Gasteiger partial charge on any atom is 0.326 e. The van der Waals surface area contributed by atoms with Gasteiger partial charge in [0, 0.05) is 50.2 Å². The Morgan fingerprint density at radius 3 is 2.54 bits per heavy atom. The molecule has 0 atom stereocenters. The molecule has 1 aliphatic heterocycles. The number of carbonyl (C=O) groups is 1. The molecule has 7 heteroatoms. The number of rotatable bonds is 3. The van der Waals surface area contributed by atoms with Gasteiger partial charge in [0.25, 0.3) is 5.91 Å². The minimum Gasteiger partial charge on any atom is -0.369 e. The van der Waals surface area contributed by atoms with E-state index >= 15 is 0 Å². The number of carbonyl (C=O) groups excluding carboxylic acids is 1. The van der Waals surface area contributed by atoms with E-state index in [2.05, 4.69) is 33.2 Å². The number of hydrogen-bond donors (Lipinski definition) is 2. The summed E-state index contributed by atoms with van der Waals surface area (Å²) < 4.78 is 1.53. The molecule has 3 aromatic rings. The number of likely N-dealkylation sites (N-methyl/N-ethyl adjacent to an activating group) is 1. The van der Waals surface area contributed by atoms with Crippen LogP contribution in [0.1, 0.15) is 15.9 Å². The summed E-state index contributed by atoms with van der Waals surface area (Å²) in [4.78, 5) is 32.0. The molecule has 0 saturated carbocycles. The largest absolute Gasteiger partial charge is 0.369 e. The first-order valence-electron chi connectivity index (χ1n) is 9.46.